The summed E-state index contributed by atoms with van der Waals surface area (Å²) in [5.41, 5.74) is 2.17. The first-order valence-corrected chi connectivity index (χ1v) is 10.1. The lowest BCUT2D eigenvalue weighted by molar-refractivity contribution is -0.114. The smallest absolute Gasteiger partial charge is 0.253 e. The lowest BCUT2D eigenvalue weighted by Gasteiger charge is -2.20. The molecule has 2 aromatic rings. The van der Waals surface area contributed by atoms with Crippen LogP contribution < -0.4 is 10.6 Å². The van der Waals surface area contributed by atoms with E-state index >= 15 is 0 Å². The van der Waals surface area contributed by atoms with Crippen molar-refractivity contribution in [1.29, 1.82) is 0 Å². The molecule has 0 radical (unpaired) electrons. The standard InChI is InChI=1S/C21H24BrN3O2/c22-17-8-10-18(11-9-17)24-20(26)15-23-19-7-5-6-16(14-19)21(27)25-12-3-1-2-4-13-25/h5-11,14,23H,1-4,12-13,15H2,(H,24,26). The number of carbonyl (C=O) groups is 2. The number of hydrogen-bond donors (Lipinski definition) is 2. The molecule has 0 unspecified atom stereocenters. The minimum Gasteiger partial charge on any atom is -0.376 e. The number of benzene rings is 2. The number of amides is 2. The molecule has 2 N–H and O–H groups in total. The number of anilines is 2. The van der Waals surface area contributed by atoms with Crippen molar-refractivity contribution in [3.63, 3.8) is 0 Å². The van der Waals surface area contributed by atoms with E-state index < -0.39 is 0 Å². The molecule has 2 aromatic carbocycles. The maximum Gasteiger partial charge on any atom is 0.253 e. The average Bonchev–Trinajstić information content (AvgIpc) is 2.97. The molecule has 1 aliphatic heterocycles. The summed E-state index contributed by atoms with van der Waals surface area (Å²) in [4.78, 5) is 26.8. The molecule has 0 saturated carbocycles. The van der Waals surface area contributed by atoms with Crippen LogP contribution in [-0.4, -0.2) is 36.3 Å². The van der Waals surface area contributed by atoms with E-state index in [1.165, 1.54) is 12.8 Å². The Bertz CT molecular complexity index is 784. The SMILES string of the molecule is O=C(CNc1cccc(C(=O)N2CCCCCC2)c1)Nc1ccc(Br)cc1. The first-order valence-electron chi connectivity index (χ1n) is 9.30. The Kier molecular flexibility index (Phi) is 6.87. The van der Waals surface area contributed by atoms with Gasteiger partial charge in [-0.1, -0.05) is 34.8 Å². The van der Waals surface area contributed by atoms with Gasteiger partial charge >= 0.3 is 0 Å². The van der Waals surface area contributed by atoms with E-state index in [0.717, 1.165) is 41.8 Å². The van der Waals surface area contributed by atoms with E-state index in [0.29, 0.717) is 5.56 Å². The summed E-state index contributed by atoms with van der Waals surface area (Å²) >= 11 is 3.37. The van der Waals surface area contributed by atoms with Crippen molar-refractivity contribution in [2.45, 2.75) is 25.7 Å². The largest absolute Gasteiger partial charge is 0.376 e. The fourth-order valence-electron chi connectivity index (χ4n) is 3.14. The molecule has 0 aliphatic carbocycles. The molecule has 27 heavy (non-hydrogen) atoms. The predicted molar refractivity (Wildman–Crippen MR) is 112 cm³/mol. The number of likely N-dealkylation sites (tertiary alicyclic amines) is 1. The summed E-state index contributed by atoms with van der Waals surface area (Å²) in [6.45, 7) is 1.79. The zero-order chi connectivity index (χ0) is 19.1. The fourth-order valence-corrected chi connectivity index (χ4v) is 3.40. The molecule has 0 bridgehead atoms. The summed E-state index contributed by atoms with van der Waals surface area (Å²) in [6, 6.07) is 14.8. The van der Waals surface area contributed by atoms with Gasteiger partial charge in [-0.05, 0) is 55.3 Å². The van der Waals surface area contributed by atoms with E-state index in [1.807, 2.05) is 53.4 Å². The molecule has 0 spiro atoms. The van der Waals surface area contributed by atoms with Crippen LogP contribution in [0.2, 0.25) is 0 Å². The molecular formula is C21H24BrN3O2. The summed E-state index contributed by atoms with van der Waals surface area (Å²) in [5.74, 6) is -0.0681. The van der Waals surface area contributed by atoms with Gasteiger partial charge in [-0.2, -0.15) is 0 Å². The highest BCUT2D eigenvalue weighted by Gasteiger charge is 2.17. The average molecular weight is 430 g/mol. The van der Waals surface area contributed by atoms with E-state index in [1.54, 1.807) is 0 Å². The molecule has 1 saturated heterocycles. The number of rotatable bonds is 5. The van der Waals surface area contributed by atoms with Crippen LogP contribution in [0.25, 0.3) is 0 Å². The van der Waals surface area contributed by atoms with Crippen LogP contribution in [0.4, 0.5) is 11.4 Å². The van der Waals surface area contributed by atoms with Crippen LogP contribution >= 0.6 is 15.9 Å². The van der Waals surface area contributed by atoms with Crippen LogP contribution in [0, 0.1) is 0 Å². The highest BCUT2D eigenvalue weighted by molar-refractivity contribution is 9.10. The second kappa shape index (κ2) is 9.55. The zero-order valence-electron chi connectivity index (χ0n) is 15.2. The van der Waals surface area contributed by atoms with Crippen molar-refractivity contribution in [3.05, 3.63) is 58.6 Å². The number of nitrogens with zero attached hydrogens (tertiary/aromatic N) is 1. The normalized spacial score (nSPS) is 14.3. The van der Waals surface area contributed by atoms with Gasteiger partial charge < -0.3 is 15.5 Å². The van der Waals surface area contributed by atoms with Crippen LogP contribution in [-0.2, 0) is 4.79 Å². The highest BCUT2D eigenvalue weighted by atomic mass is 79.9. The van der Waals surface area contributed by atoms with Gasteiger partial charge in [0, 0.05) is 34.5 Å². The zero-order valence-corrected chi connectivity index (χ0v) is 16.8. The van der Waals surface area contributed by atoms with Crippen molar-refractivity contribution in [2.75, 3.05) is 30.3 Å². The van der Waals surface area contributed by atoms with Gasteiger partial charge in [0.2, 0.25) is 5.91 Å². The number of carbonyl (C=O) groups excluding carboxylic acids is 2. The monoisotopic (exact) mass is 429 g/mol. The van der Waals surface area contributed by atoms with E-state index in [-0.39, 0.29) is 18.4 Å². The first-order chi connectivity index (χ1) is 13.1. The third kappa shape index (κ3) is 5.82. The van der Waals surface area contributed by atoms with E-state index in [9.17, 15) is 9.59 Å². The summed E-state index contributed by atoms with van der Waals surface area (Å²) in [5, 5.41) is 5.93. The molecule has 142 valence electrons. The van der Waals surface area contributed by atoms with Crippen molar-refractivity contribution in [1.82, 2.24) is 4.90 Å². The second-order valence-electron chi connectivity index (χ2n) is 6.70. The molecule has 0 aromatic heterocycles. The minimum atomic E-state index is -0.137. The predicted octanol–water partition coefficient (Wildman–Crippen LogP) is 4.52. The van der Waals surface area contributed by atoms with Gasteiger partial charge in [0.25, 0.3) is 5.91 Å². The third-order valence-electron chi connectivity index (χ3n) is 4.58. The summed E-state index contributed by atoms with van der Waals surface area (Å²) in [6.07, 6.45) is 4.53. The van der Waals surface area contributed by atoms with Crippen LogP contribution in [0.5, 0.6) is 0 Å². The fraction of sp³-hybridized carbons (Fsp3) is 0.333. The maximum absolute atomic E-state index is 12.7. The Labute approximate surface area is 168 Å². The van der Waals surface area contributed by atoms with Crippen LogP contribution in [0.1, 0.15) is 36.0 Å². The first kappa shape index (κ1) is 19.4. The molecule has 1 aliphatic rings. The van der Waals surface area contributed by atoms with Crippen LogP contribution in [0.3, 0.4) is 0 Å². The molecule has 1 heterocycles. The molecule has 5 nitrogen and oxygen atoms in total. The Hall–Kier alpha value is -2.34. The Morgan fingerprint density at radius 3 is 2.33 bits per heavy atom. The topological polar surface area (TPSA) is 61.4 Å². The summed E-state index contributed by atoms with van der Waals surface area (Å²) < 4.78 is 0.963. The Morgan fingerprint density at radius 2 is 1.63 bits per heavy atom. The second-order valence-corrected chi connectivity index (χ2v) is 7.61. The lowest BCUT2D eigenvalue weighted by atomic mass is 10.1. The van der Waals surface area contributed by atoms with Crippen molar-refractivity contribution < 1.29 is 9.59 Å². The van der Waals surface area contributed by atoms with Gasteiger partial charge in [-0.25, -0.2) is 0 Å². The van der Waals surface area contributed by atoms with Gasteiger partial charge in [0.1, 0.15) is 0 Å². The highest BCUT2D eigenvalue weighted by Crippen LogP contribution is 2.17. The number of nitrogens with one attached hydrogen (secondary N) is 2. The molecule has 6 heteroatoms. The van der Waals surface area contributed by atoms with Crippen molar-refractivity contribution in [3.8, 4) is 0 Å². The van der Waals surface area contributed by atoms with Gasteiger partial charge in [-0.15, -0.1) is 0 Å². The molecular weight excluding hydrogens is 406 g/mol. The van der Waals surface area contributed by atoms with E-state index in [2.05, 4.69) is 26.6 Å². The van der Waals surface area contributed by atoms with Crippen molar-refractivity contribution >= 4 is 39.1 Å². The quantitative estimate of drug-likeness (QED) is 0.734. The minimum absolute atomic E-state index is 0.0693. The molecule has 0 atom stereocenters. The van der Waals surface area contributed by atoms with Crippen molar-refractivity contribution in [2.24, 2.45) is 0 Å². The Balaban J connectivity index is 1.56. The van der Waals surface area contributed by atoms with Gasteiger partial charge in [0.05, 0.1) is 6.54 Å². The summed E-state index contributed by atoms with van der Waals surface area (Å²) in [7, 11) is 0. The van der Waals surface area contributed by atoms with Gasteiger partial charge in [0.15, 0.2) is 0 Å². The third-order valence-corrected chi connectivity index (χ3v) is 5.11. The van der Waals surface area contributed by atoms with Gasteiger partial charge in [-0.3, -0.25) is 9.59 Å². The Morgan fingerprint density at radius 1 is 0.926 bits per heavy atom. The van der Waals surface area contributed by atoms with E-state index in [4.69, 9.17) is 0 Å². The molecule has 2 amide bonds. The maximum atomic E-state index is 12.7. The molecule has 3 rings (SSSR count). The molecule has 1 fully saturated rings. The van der Waals surface area contributed by atoms with Crippen LogP contribution in [0.15, 0.2) is 53.0 Å². The lowest BCUT2D eigenvalue weighted by Crippen LogP contribution is -2.31. The number of halogens is 1. The number of hydrogen-bond acceptors (Lipinski definition) is 3.